The fraction of sp³-hybridized carbons (Fsp3) is 0.375. The number of aromatic amines is 1. The zero-order chi connectivity index (χ0) is 23.9. The van der Waals surface area contributed by atoms with Gasteiger partial charge in [-0.3, -0.25) is 14.7 Å². The van der Waals surface area contributed by atoms with Crippen molar-refractivity contribution in [2.45, 2.75) is 49.5 Å². The number of carbonyl (C=O) groups excluding carboxylic acids is 2. The van der Waals surface area contributed by atoms with Crippen molar-refractivity contribution >= 4 is 35.1 Å². The van der Waals surface area contributed by atoms with Gasteiger partial charge >= 0.3 is 0 Å². The van der Waals surface area contributed by atoms with Gasteiger partial charge in [0.05, 0.1) is 11.9 Å². The molecule has 2 aliphatic rings. The van der Waals surface area contributed by atoms with Crippen LogP contribution in [0.25, 0.3) is 0 Å². The highest BCUT2D eigenvalue weighted by Gasteiger charge is 2.21. The standard InChI is InChI=1S/C14H19N3OS.C10H10N4O/c1-17-11-9-15-13(16-10-4-2-3-5-10)8-12(11)19-7-6-14(17)18;11-9(15)10-12-8(13-14-10)6-7-4-2-1-3-5-7/h8-10H,2-7H2,1H3,(H,15,16);1-5H,6H2,(H2,11,15)(H,12,13,14). The summed E-state index contributed by atoms with van der Waals surface area (Å²) in [5.74, 6) is 2.01. The third-order valence-electron chi connectivity index (χ3n) is 5.83. The quantitative estimate of drug-likeness (QED) is 0.511. The first-order chi connectivity index (χ1) is 16.5. The number of benzene rings is 1. The molecule has 0 radical (unpaired) electrons. The molecule has 1 aromatic carbocycles. The Morgan fingerprint density at radius 3 is 2.74 bits per heavy atom. The Balaban J connectivity index is 0.000000166. The van der Waals surface area contributed by atoms with E-state index in [0.29, 0.717) is 24.7 Å². The Morgan fingerprint density at radius 2 is 2.03 bits per heavy atom. The first-order valence-electron chi connectivity index (χ1n) is 11.4. The SMILES string of the molecule is CN1C(=O)CCSc2cc(NC3CCCC3)ncc21.NC(=O)c1n[nH]c(Cc2ccccc2)n1. The summed E-state index contributed by atoms with van der Waals surface area (Å²) in [6.45, 7) is 0. The number of amides is 2. The number of anilines is 2. The monoisotopic (exact) mass is 479 g/mol. The van der Waals surface area contributed by atoms with Crippen molar-refractivity contribution in [2.75, 3.05) is 23.0 Å². The van der Waals surface area contributed by atoms with Crippen LogP contribution >= 0.6 is 11.8 Å². The number of nitrogens with one attached hydrogen (secondary N) is 2. The summed E-state index contributed by atoms with van der Waals surface area (Å²) in [6, 6.07) is 12.5. The maximum Gasteiger partial charge on any atom is 0.288 e. The summed E-state index contributed by atoms with van der Waals surface area (Å²) in [5.41, 5.74) is 7.07. The van der Waals surface area contributed by atoms with Gasteiger partial charge in [0.2, 0.25) is 11.7 Å². The number of nitrogens with zero attached hydrogens (tertiary/aromatic N) is 4. The lowest BCUT2D eigenvalue weighted by molar-refractivity contribution is -0.117. The van der Waals surface area contributed by atoms with Gasteiger partial charge in [-0.15, -0.1) is 16.9 Å². The third kappa shape index (κ3) is 6.13. The highest BCUT2D eigenvalue weighted by molar-refractivity contribution is 7.99. The minimum atomic E-state index is -0.620. The molecule has 0 bridgehead atoms. The molecule has 0 saturated heterocycles. The summed E-state index contributed by atoms with van der Waals surface area (Å²) in [5, 5.41) is 9.88. The van der Waals surface area contributed by atoms with E-state index in [4.69, 9.17) is 5.73 Å². The van der Waals surface area contributed by atoms with Crippen LogP contribution < -0.4 is 16.0 Å². The first-order valence-corrected chi connectivity index (χ1v) is 12.4. The van der Waals surface area contributed by atoms with Gasteiger partial charge in [0, 0.05) is 36.6 Å². The Morgan fingerprint density at radius 1 is 1.26 bits per heavy atom. The van der Waals surface area contributed by atoms with Gasteiger partial charge in [-0.25, -0.2) is 9.97 Å². The van der Waals surface area contributed by atoms with Crippen LogP contribution in [0.2, 0.25) is 0 Å². The molecule has 9 nitrogen and oxygen atoms in total. The van der Waals surface area contributed by atoms with Crippen molar-refractivity contribution in [1.82, 2.24) is 20.2 Å². The van der Waals surface area contributed by atoms with Crippen LogP contribution in [0.4, 0.5) is 11.5 Å². The molecule has 178 valence electrons. The van der Waals surface area contributed by atoms with Gasteiger partial charge in [-0.1, -0.05) is 43.2 Å². The predicted octanol–water partition coefficient (Wildman–Crippen LogP) is 3.39. The lowest BCUT2D eigenvalue weighted by Gasteiger charge is -2.18. The first kappa shape index (κ1) is 23.7. The summed E-state index contributed by atoms with van der Waals surface area (Å²) in [6.07, 6.45) is 8.14. The molecule has 0 unspecified atom stereocenters. The predicted molar refractivity (Wildman–Crippen MR) is 133 cm³/mol. The van der Waals surface area contributed by atoms with Crippen molar-refractivity contribution in [2.24, 2.45) is 5.73 Å². The Labute approximate surface area is 202 Å². The van der Waals surface area contributed by atoms with Crippen molar-refractivity contribution in [1.29, 1.82) is 0 Å². The number of hydrogen-bond donors (Lipinski definition) is 3. The summed E-state index contributed by atoms with van der Waals surface area (Å²) in [7, 11) is 1.83. The molecule has 0 atom stereocenters. The van der Waals surface area contributed by atoms with E-state index in [-0.39, 0.29) is 11.7 Å². The van der Waals surface area contributed by atoms with E-state index in [1.54, 1.807) is 16.7 Å². The van der Waals surface area contributed by atoms with Crippen molar-refractivity contribution in [3.05, 3.63) is 59.8 Å². The highest BCUT2D eigenvalue weighted by atomic mass is 32.2. The highest BCUT2D eigenvalue weighted by Crippen LogP contribution is 2.35. The van der Waals surface area contributed by atoms with Gasteiger partial charge in [-0.2, -0.15) is 0 Å². The zero-order valence-electron chi connectivity index (χ0n) is 19.2. The molecule has 1 aliphatic heterocycles. The molecule has 5 rings (SSSR count). The van der Waals surface area contributed by atoms with Crippen LogP contribution in [0.15, 0.2) is 47.5 Å². The van der Waals surface area contributed by atoms with Crippen LogP contribution in [0.3, 0.4) is 0 Å². The Hall–Kier alpha value is -3.40. The molecule has 10 heteroatoms. The van der Waals surface area contributed by atoms with E-state index in [9.17, 15) is 9.59 Å². The smallest absolute Gasteiger partial charge is 0.288 e. The topological polar surface area (TPSA) is 130 Å². The van der Waals surface area contributed by atoms with Crippen LogP contribution in [0, 0.1) is 0 Å². The van der Waals surface area contributed by atoms with Gasteiger partial charge in [0.25, 0.3) is 5.91 Å². The summed E-state index contributed by atoms with van der Waals surface area (Å²) < 4.78 is 0. The lowest BCUT2D eigenvalue weighted by Crippen LogP contribution is -2.25. The summed E-state index contributed by atoms with van der Waals surface area (Å²) >= 11 is 1.75. The van der Waals surface area contributed by atoms with E-state index in [1.165, 1.54) is 25.7 Å². The van der Waals surface area contributed by atoms with Crippen LogP contribution in [-0.4, -0.2) is 50.8 Å². The number of thioether (sulfide) groups is 1. The summed E-state index contributed by atoms with van der Waals surface area (Å²) in [4.78, 5) is 33.9. The number of fused-ring (bicyclic) bond motifs is 1. The Bertz CT molecular complexity index is 1130. The molecule has 34 heavy (non-hydrogen) atoms. The van der Waals surface area contributed by atoms with Gasteiger partial charge in [0.1, 0.15) is 11.6 Å². The van der Waals surface area contributed by atoms with E-state index >= 15 is 0 Å². The molecule has 2 amide bonds. The van der Waals surface area contributed by atoms with E-state index < -0.39 is 5.91 Å². The maximum absolute atomic E-state index is 11.8. The number of pyridine rings is 1. The number of carbonyl (C=O) groups is 2. The number of hydrogen-bond acceptors (Lipinski definition) is 7. The van der Waals surface area contributed by atoms with Crippen LogP contribution in [-0.2, 0) is 11.2 Å². The van der Waals surface area contributed by atoms with Gasteiger partial charge in [-0.05, 0) is 24.5 Å². The minimum absolute atomic E-state index is 0.0286. The van der Waals surface area contributed by atoms with Crippen molar-refractivity contribution in [3.63, 3.8) is 0 Å². The molecule has 0 spiro atoms. The molecule has 3 aromatic rings. The molecule has 4 N–H and O–H groups in total. The number of nitrogens with two attached hydrogens (primary N) is 1. The lowest BCUT2D eigenvalue weighted by atomic mass is 10.1. The normalized spacial score (nSPS) is 15.8. The second-order valence-corrected chi connectivity index (χ2v) is 9.48. The minimum Gasteiger partial charge on any atom is -0.367 e. The zero-order valence-corrected chi connectivity index (χ0v) is 20.0. The Kier molecular flexibility index (Phi) is 7.79. The van der Waals surface area contributed by atoms with E-state index in [0.717, 1.165) is 27.7 Å². The largest absolute Gasteiger partial charge is 0.367 e. The van der Waals surface area contributed by atoms with E-state index in [2.05, 4.69) is 31.5 Å². The molecule has 2 aromatic heterocycles. The molecule has 1 fully saturated rings. The number of rotatable bonds is 5. The fourth-order valence-corrected chi connectivity index (χ4v) is 5.01. The van der Waals surface area contributed by atoms with Gasteiger partial charge in [0.15, 0.2) is 0 Å². The molecule has 1 saturated carbocycles. The molecular weight excluding hydrogens is 450 g/mol. The number of aromatic nitrogens is 4. The molecular formula is C24H29N7O2S. The van der Waals surface area contributed by atoms with Crippen LogP contribution in [0.1, 0.15) is 54.1 Å². The van der Waals surface area contributed by atoms with Crippen LogP contribution in [0.5, 0.6) is 0 Å². The number of H-pyrrole nitrogens is 1. The third-order valence-corrected chi connectivity index (χ3v) is 6.88. The second-order valence-electron chi connectivity index (χ2n) is 8.35. The average molecular weight is 480 g/mol. The number of primary amides is 1. The second kappa shape index (κ2) is 11.1. The van der Waals surface area contributed by atoms with Crippen molar-refractivity contribution < 1.29 is 9.59 Å². The van der Waals surface area contributed by atoms with Gasteiger partial charge < -0.3 is 16.0 Å². The van der Waals surface area contributed by atoms with Crippen molar-refractivity contribution in [3.8, 4) is 0 Å². The maximum atomic E-state index is 11.8. The average Bonchev–Trinajstić information content (AvgIpc) is 3.50. The van der Waals surface area contributed by atoms with E-state index in [1.807, 2.05) is 43.6 Å². The molecule has 3 heterocycles. The molecule has 1 aliphatic carbocycles. The fourth-order valence-electron chi connectivity index (χ4n) is 3.98.